The second-order valence-corrected chi connectivity index (χ2v) is 11.8. The molecule has 0 radical (unpaired) electrons. The predicted molar refractivity (Wildman–Crippen MR) is 145 cm³/mol. The van der Waals surface area contributed by atoms with Crippen LogP contribution in [0, 0.1) is 11.8 Å². The SMILES string of the molecule is COc1ccc(C[C@H](NC(=O)[C@@H](C)NC(=O)C2CCC(O)CC2)C2=C3CCC3C[C@@H](C(=O)[C@@]3(C)CO3)N2)cc1. The predicted octanol–water partition coefficient (Wildman–Crippen LogP) is 2.16. The van der Waals surface area contributed by atoms with Crippen molar-refractivity contribution < 1.29 is 29.0 Å². The van der Waals surface area contributed by atoms with E-state index in [4.69, 9.17) is 9.47 Å². The number of aliphatic hydroxyl groups is 1. The van der Waals surface area contributed by atoms with Gasteiger partial charge >= 0.3 is 0 Å². The van der Waals surface area contributed by atoms with Gasteiger partial charge in [-0.1, -0.05) is 12.1 Å². The molecule has 212 valence electrons. The Kier molecular flexibility index (Phi) is 8.01. The van der Waals surface area contributed by atoms with Crippen LogP contribution in [-0.2, 0) is 25.5 Å². The first kappa shape index (κ1) is 27.6. The molecule has 2 saturated carbocycles. The molecule has 0 aromatic heterocycles. The van der Waals surface area contributed by atoms with Crippen molar-refractivity contribution in [3.63, 3.8) is 0 Å². The average Bonchev–Trinajstić information content (AvgIpc) is 3.67. The van der Waals surface area contributed by atoms with Crippen LogP contribution < -0.4 is 20.7 Å². The van der Waals surface area contributed by atoms with Gasteiger partial charge in [-0.2, -0.15) is 0 Å². The highest BCUT2D eigenvalue weighted by molar-refractivity contribution is 5.94. The van der Waals surface area contributed by atoms with E-state index in [9.17, 15) is 19.5 Å². The third kappa shape index (κ3) is 6.14. The summed E-state index contributed by atoms with van der Waals surface area (Å²) in [5.74, 6) is 0.555. The van der Waals surface area contributed by atoms with Gasteiger partial charge in [0.25, 0.3) is 0 Å². The fraction of sp³-hybridized carbons (Fsp3) is 0.633. The monoisotopic (exact) mass is 539 g/mol. The maximum absolute atomic E-state index is 13.4. The Morgan fingerprint density at radius 3 is 2.41 bits per heavy atom. The number of carbonyl (C=O) groups is 3. The third-order valence-electron chi connectivity index (χ3n) is 8.95. The van der Waals surface area contributed by atoms with Crippen LogP contribution in [0.1, 0.15) is 64.4 Å². The summed E-state index contributed by atoms with van der Waals surface area (Å²) in [6.45, 7) is 3.99. The minimum absolute atomic E-state index is 0.0682. The summed E-state index contributed by atoms with van der Waals surface area (Å²) in [7, 11) is 1.62. The van der Waals surface area contributed by atoms with Gasteiger partial charge in [0.15, 0.2) is 5.78 Å². The number of nitrogens with one attached hydrogen (secondary N) is 3. The maximum Gasteiger partial charge on any atom is 0.242 e. The number of hydrogen-bond acceptors (Lipinski definition) is 7. The molecule has 0 spiro atoms. The van der Waals surface area contributed by atoms with Gasteiger partial charge in [-0.3, -0.25) is 14.4 Å². The van der Waals surface area contributed by atoms with Gasteiger partial charge in [-0.15, -0.1) is 0 Å². The van der Waals surface area contributed by atoms with E-state index < -0.39 is 11.6 Å². The van der Waals surface area contributed by atoms with Crippen LogP contribution in [0.25, 0.3) is 0 Å². The zero-order valence-corrected chi connectivity index (χ0v) is 23.1. The van der Waals surface area contributed by atoms with Crippen LogP contribution in [0.3, 0.4) is 0 Å². The quantitative estimate of drug-likeness (QED) is 0.335. The first-order chi connectivity index (χ1) is 18.7. The summed E-state index contributed by atoms with van der Waals surface area (Å²) in [6.07, 6.45) is 5.39. The van der Waals surface area contributed by atoms with Crippen LogP contribution in [-0.4, -0.2) is 66.3 Å². The van der Waals surface area contributed by atoms with Crippen molar-refractivity contribution in [2.75, 3.05) is 13.7 Å². The molecule has 2 heterocycles. The van der Waals surface area contributed by atoms with E-state index in [2.05, 4.69) is 16.0 Å². The molecule has 0 bridgehead atoms. The normalized spacial score (nSPS) is 31.1. The molecule has 1 unspecified atom stereocenters. The van der Waals surface area contributed by atoms with Gasteiger partial charge < -0.3 is 30.5 Å². The molecule has 2 amide bonds. The minimum Gasteiger partial charge on any atom is -0.497 e. The Morgan fingerprint density at radius 2 is 1.82 bits per heavy atom. The number of hydrogen-bond donors (Lipinski definition) is 4. The van der Waals surface area contributed by atoms with Gasteiger partial charge in [-0.25, -0.2) is 0 Å². The number of rotatable bonds is 10. The van der Waals surface area contributed by atoms with Crippen LogP contribution >= 0.6 is 0 Å². The molecular weight excluding hydrogens is 498 g/mol. The van der Waals surface area contributed by atoms with Gasteiger partial charge in [0.1, 0.15) is 17.4 Å². The van der Waals surface area contributed by atoms with E-state index in [-0.39, 0.29) is 41.7 Å². The van der Waals surface area contributed by atoms with E-state index in [1.807, 2.05) is 31.2 Å². The summed E-state index contributed by atoms with van der Waals surface area (Å²) >= 11 is 0. The fourth-order valence-corrected chi connectivity index (χ4v) is 6.10. The van der Waals surface area contributed by atoms with E-state index in [0.717, 1.165) is 36.3 Å². The van der Waals surface area contributed by atoms with E-state index in [1.54, 1.807) is 14.0 Å². The van der Waals surface area contributed by atoms with Gasteiger partial charge in [0.05, 0.1) is 31.9 Å². The Labute approximate surface area is 230 Å². The molecule has 2 aliphatic carbocycles. The highest BCUT2D eigenvalue weighted by Crippen LogP contribution is 2.44. The number of fused-ring (bicyclic) bond motifs is 1. The number of allylic oxidation sites excluding steroid dienone is 1. The van der Waals surface area contributed by atoms with Crippen molar-refractivity contribution in [1.82, 2.24) is 16.0 Å². The molecule has 5 rings (SSSR count). The second kappa shape index (κ2) is 11.3. The Morgan fingerprint density at radius 1 is 1.13 bits per heavy atom. The smallest absolute Gasteiger partial charge is 0.242 e. The van der Waals surface area contributed by atoms with Crippen molar-refractivity contribution in [3.8, 4) is 5.75 Å². The number of methoxy groups -OCH3 is 1. The van der Waals surface area contributed by atoms with Gasteiger partial charge in [0.2, 0.25) is 11.8 Å². The second-order valence-electron chi connectivity index (χ2n) is 11.8. The molecule has 9 heteroatoms. The standard InChI is InChI=1S/C30H41N3O6/c1-17(31-29(37)19-6-9-21(34)10-7-19)28(36)33-24(14-18-4-11-22(38-3)12-5-18)26-23-13-8-20(23)15-25(32-26)27(35)30(2)16-39-30/h4-5,11-12,17,19-21,24-25,32,34H,6-10,13-16H2,1-3H3,(H,31,37)(H,33,36)/t17-,19?,20?,21?,24+,25+,30-/m1/s1. The summed E-state index contributed by atoms with van der Waals surface area (Å²) in [5, 5.41) is 19.3. The van der Waals surface area contributed by atoms with Crippen LogP contribution in [0.2, 0.25) is 0 Å². The van der Waals surface area contributed by atoms with E-state index >= 15 is 0 Å². The molecule has 1 aromatic rings. The fourth-order valence-electron chi connectivity index (χ4n) is 6.10. The molecular formula is C30H41N3O6. The zero-order valence-electron chi connectivity index (χ0n) is 23.1. The van der Waals surface area contributed by atoms with Crippen LogP contribution in [0.15, 0.2) is 35.5 Å². The topological polar surface area (TPSA) is 129 Å². The van der Waals surface area contributed by atoms with Crippen LogP contribution in [0.4, 0.5) is 0 Å². The number of carbonyl (C=O) groups excluding carboxylic acids is 3. The summed E-state index contributed by atoms with van der Waals surface area (Å²) < 4.78 is 10.8. The number of amides is 2. The highest BCUT2D eigenvalue weighted by atomic mass is 16.6. The lowest BCUT2D eigenvalue weighted by Gasteiger charge is -2.43. The molecule has 9 nitrogen and oxygen atoms in total. The number of Topliss-reactive ketones (excluding diaryl/α,β-unsaturated/α-hetero) is 1. The van der Waals surface area contributed by atoms with Crippen molar-refractivity contribution >= 4 is 17.6 Å². The van der Waals surface area contributed by atoms with Crippen molar-refractivity contribution in [3.05, 3.63) is 41.1 Å². The third-order valence-corrected chi connectivity index (χ3v) is 8.95. The number of ether oxygens (including phenoxy) is 2. The number of epoxide rings is 1. The highest BCUT2D eigenvalue weighted by Gasteiger charge is 2.52. The number of aliphatic hydroxyl groups excluding tert-OH is 1. The Bertz CT molecular complexity index is 1120. The number of benzene rings is 1. The molecule has 4 aliphatic rings. The first-order valence-corrected chi connectivity index (χ1v) is 14.3. The Hall–Kier alpha value is -2.91. The largest absolute Gasteiger partial charge is 0.497 e. The van der Waals surface area contributed by atoms with Gasteiger partial charge in [0, 0.05) is 11.6 Å². The van der Waals surface area contributed by atoms with Gasteiger partial charge in [-0.05, 0) is 94.4 Å². The average molecular weight is 540 g/mol. The van der Waals surface area contributed by atoms with Crippen molar-refractivity contribution in [2.24, 2.45) is 11.8 Å². The zero-order chi connectivity index (χ0) is 27.7. The van der Waals surface area contributed by atoms with E-state index in [1.165, 1.54) is 5.57 Å². The minimum atomic E-state index is -0.717. The molecule has 1 saturated heterocycles. The summed E-state index contributed by atoms with van der Waals surface area (Å²) in [4.78, 5) is 39.5. The molecule has 39 heavy (non-hydrogen) atoms. The van der Waals surface area contributed by atoms with Crippen molar-refractivity contribution in [1.29, 1.82) is 0 Å². The van der Waals surface area contributed by atoms with Crippen LogP contribution in [0.5, 0.6) is 5.75 Å². The lowest BCUT2D eigenvalue weighted by Crippen LogP contribution is -2.56. The van der Waals surface area contributed by atoms with Crippen molar-refractivity contribution in [2.45, 2.75) is 95.0 Å². The molecule has 1 aromatic carbocycles. The lowest BCUT2D eigenvalue weighted by molar-refractivity contribution is -0.132. The summed E-state index contributed by atoms with van der Waals surface area (Å²) in [6, 6.07) is 6.31. The number of ketones is 1. The van der Waals surface area contributed by atoms with E-state index in [0.29, 0.717) is 44.6 Å². The molecule has 4 N–H and O–H groups in total. The summed E-state index contributed by atoms with van der Waals surface area (Å²) in [5.41, 5.74) is 2.50. The first-order valence-electron chi connectivity index (χ1n) is 14.3. The molecule has 5 atom stereocenters. The molecule has 3 fully saturated rings. The molecule has 2 aliphatic heterocycles. The lowest BCUT2D eigenvalue weighted by atomic mass is 9.70. The maximum atomic E-state index is 13.4. The Balaban J connectivity index is 1.32.